The topological polar surface area (TPSA) is 47.6 Å². The van der Waals surface area contributed by atoms with E-state index in [-0.39, 0.29) is 0 Å². The van der Waals surface area contributed by atoms with Crippen LogP contribution in [0.25, 0.3) is 0 Å². The number of rotatable bonds is 6. The molecule has 2 aromatic carbocycles. The molecule has 0 aliphatic rings. The van der Waals surface area contributed by atoms with Crippen molar-refractivity contribution in [2.75, 3.05) is 0 Å². The van der Waals surface area contributed by atoms with Crippen molar-refractivity contribution in [2.45, 2.75) is 27.9 Å². The molecule has 2 aromatic rings. The van der Waals surface area contributed by atoms with Crippen molar-refractivity contribution in [1.82, 2.24) is 0 Å². The molecular weight excluding hydrogens is 458 g/mol. The van der Waals surface area contributed by atoms with Crippen LogP contribution in [0.15, 0.2) is 56.0 Å². The molecule has 0 aliphatic carbocycles. The molecule has 2 nitrogen and oxygen atoms in total. The third-order valence-electron chi connectivity index (χ3n) is 2.81. The summed E-state index contributed by atoms with van der Waals surface area (Å²) in [5.74, 6) is 0. The number of hydrogen-bond acceptors (Lipinski definition) is 5. The second-order valence-electron chi connectivity index (χ2n) is 4.40. The van der Waals surface area contributed by atoms with E-state index >= 15 is 0 Å². The lowest BCUT2D eigenvalue weighted by Crippen LogP contribution is -1.88. The smallest absolute Gasteiger partial charge is 0.157 e. The summed E-state index contributed by atoms with van der Waals surface area (Å²) >= 11 is 26.9. The average Bonchev–Trinajstić information content (AvgIpc) is 2.56. The van der Waals surface area contributed by atoms with E-state index in [0.717, 1.165) is 19.6 Å². The van der Waals surface area contributed by atoms with Crippen molar-refractivity contribution in [3.63, 3.8) is 0 Å². The van der Waals surface area contributed by atoms with Gasteiger partial charge in [0.2, 0.25) is 0 Å². The van der Waals surface area contributed by atoms with E-state index in [4.69, 9.17) is 46.4 Å². The highest BCUT2D eigenvalue weighted by Gasteiger charge is 2.12. The van der Waals surface area contributed by atoms with Crippen molar-refractivity contribution >= 4 is 81.7 Å². The molecule has 2 rings (SSSR count). The fourth-order valence-corrected chi connectivity index (χ4v) is 5.09. The van der Waals surface area contributed by atoms with Crippen LogP contribution in [0.2, 0.25) is 0 Å². The Hall–Kier alpha value is -0.370. The molecule has 0 spiro atoms. The normalized spacial score (nSPS) is 10.7. The van der Waals surface area contributed by atoms with Gasteiger partial charge in [-0.05, 0) is 36.4 Å². The van der Waals surface area contributed by atoms with Crippen LogP contribution < -0.4 is 0 Å². The standard InChI is InChI=1S/C16H8Cl4N2S3/c17-15(18)23-11-1-3-13(9(5-11)7-21)25-14-4-2-12(24-16(19)20)6-10(14)8-22/h1-6,15-16H. The first-order chi connectivity index (χ1) is 11.9. The van der Waals surface area contributed by atoms with Crippen LogP contribution in [-0.2, 0) is 0 Å². The number of benzene rings is 2. The summed E-state index contributed by atoms with van der Waals surface area (Å²) in [5.41, 5.74) is 0.987. The molecular formula is C16H8Cl4N2S3. The third kappa shape index (κ3) is 6.38. The van der Waals surface area contributed by atoms with Gasteiger partial charge < -0.3 is 0 Å². The van der Waals surface area contributed by atoms with Crippen LogP contribution >= 0.6 is 81.7 Å². The van der Waals surface area contributed by atoms with Gasteiger partial charge in [0, 0.05) is 19.6 Å². The summed E-state index contributed by atoms with van der Waals surface area (Å²) < 4.78 is -1.21. The van der Waals surface area contributed by atoms with Gasteiger partial charge in [0.15, 0.2) is 8.34 Å². The monoisotopic (exact) mass is 464 g/mol. The van der Waals surface area contributed by atoms with E-state index in [2.05, 4.69) is 12.1 Å². The molecule has 0 saturated heterocycles. The Balaban J connectivity index is 2.30. The van der Waals surface area contributed by atoms with Gasteiger partial charge >= 0.3 is 0 Å². The van der Waals surface area contributed by atoms with Crippen LogP contribution in [0.1, 0.15) is 11.1 Å². The van der Waals surface area contributed by atoms with Gasteiger partial charge in [0.05, 0.1) is 11.1 Å². The Bertz CT molecular complexity index is 775. The predicted octanol–water partition coefficient (Wildman–Crippen LogP) is 7.29. The SMILES string of the molecule is N#Cc1cc(SC(Cl)Cl)ccc1Sc1ccc(SC(Cl)Cl)cc1C#N. The van der Waals surface area contributed by atoms with E-state index in [9.17, 15) is 10.5 Å². The first kappa shape index (κ1) is 20.9. The van der Waals surface area contributed by atoms with Gasteiger partial charge in [-0.1, -0.05) is 81.7 Å². The van der Waals surface area contributed by atoms with Crippen molar-refractivity contribution in [3.05, 3.63) is 47.5 Å². The van der Waals surface area contributed by atoms with E-state index < -0.39 is 8.34 Å². The summed E-state index contributed by atoms with van der Waals surface area (Å²) in [4.78, 5) is 3.10. The van der Waals surface area contributed by atoms with Gasteiger partial charge in [-0.2, -0.15) is 10.5 Å². The van der Waals surface area contributed by atoms with E-state index in [1.807, 2.05) is 24.3 Å². The molecule has 0 fully saturated rings. The Kier molecular flexibility index (Phi) is 8.45. The lowest BCUT2D eigenvalue weighted by Gasteiger charge is -2.09. The van der Waals surface area contributed by atoms with Crippen LogP contribution in [-0.4, -0.2) is 8.34 Å². The van der Waals surface area contributed by atoms with Gasteiger partial charge in [-0.3, -0.25) is 0 Å². The summed E-state index contributed by atoms with van der Waals surface area (Å²) in [5, 5.41) is 18.8. The highest BCUT2D eigenvalue weighted by atomic mass is 35.5. The largest absolute Gasteiger partial charge is 0.192 e. The molecule has 0 saturated carbocycles. The number of nitrogens with zero attached hydrogens (tertiary/aromatic N) is 2. The van der Waals surface area contributed by atoms with Crippen LogP contribution in [0, 0.1) is 22.7 Å². The second kappa shape index (κ2) is 10.1. The van der Waals surface area contributed by atoms with Crippen molar-refractivity contribution in [2.24, 2.45) is 0 Å². The Morgan fingerprint density at radius 3 is 1.44 bits per heavy atom. The minimum absolute atomic E-state index is 0.493. The fraction of sp³-hybridized carbons (Fsp3) is 0.125. The van der Waals surface area contributed by atoms with Gasteiger partial charge in [-0.15, -0.1) is 0 Å². The van der Waals surface area contributed by atoms with Crippen molar-refractivity contribution in [3.8, 4) is 12.1 Å². The first-order valence-corrected chi connectivity index (χ1v) is 10.9. The number of alkyl halides is 4. The average molecular weight is 466 g/mol. The molecule has 0 aliphatic heterocycles. The summed E-state index contributed by atoms with van der Waals surface area (Å²) in [6.07, 6.45) is 0. The number of halogens is 4. The molecule has 0 heterocycles. The number of hydrogen-bond donors (Lipinski definition) is 0. The van der Waals surface area contributed by atoms with Crippen molar-refractivity contribution < 1.29 is 0 Å². The number of thioether (sulfide) groups is 2. The maximum absolute atomic E-state index is 9.39. The van der Waals surface area contributed by atoms with E-state index in [1.165, 1.54) is 35.3 Å². The zero-order valence-electron chi connectivity index (χ0n) is 12.2. The second-order valence-corrected chi connectivity index (χ2v) is 11.1. The Labute approximate surface area is 178 Å². The quantitative estimate of drug-likeness (QED) is 0.331. The minimum Gasteiger partial charge on any atom is -0.192 e. The zero-order valence-corrected chi connectivity index (χ0v) is 17.7. The molecule has 0 bridgehead atoms. The van der Waals surface area contributed by atoms with E-state index in [1.54, 1.807) is 12.1 Å². The van der Waals surface area contributed by atoms with Crippen LogP contribution in [0.5, 0.6) is 0 Å². The molecule has 25 heavy (non-hydrogen) atoms. The summed E-state index contributed by atoms with van der Waals surface area (Å²) in [6.45, 7) is 0. The first-order valence-electron chi connectivity index (χ1n) is 6.58. The molecule has 0 amide bonds. The molecule has 9 heteroatoms. The maximum atomic E-state index is 9.39. The zero-order chi connectivity index (χ0) is 18.4. The van der Waals surface area contributed by atoms with Gasteiger partial charge in [-0.25, -0.2) is 0 Å². The molecule has 0 aromatic heterocycles. The van der Waals surface area contributed by atoms with Crippen LogP contribution in [0.4, 0.5) is 0 Å². The Morgan fingerprint density at radius 1 is 0.720 bits per heavy atom. The Morgan fingerprint density at radius 2 is 1.12 bits per heavy atom. The molecule has 128 valence electrons. The lowest BCUT2D eigenvalue weighted by molar-refractivity contribution is 1.26. The highest BCUT2D eigenvalue weighted by molar-refractivity contribution is 8.02. The maximum Gasteiger partial charge on any atom is 0.157 e. The minimum atomic E-state index is -0.604. The van der Waals surface area contributed by atoms with Gasteiger partial charge in [0.1, 0.15) is 12.1 Å². The number of nitriles is 2. The van der Waals surface area contributed by atoms with Crippen LogP contribution in [0.3, 0.4) is 0 Å². The highest BCUT2D eigenvalue weighted by Crippen LogP contribution is 2.38. The third-order valence-corrected chi connectivity index (χ3v) is 6.44. The predicted molar refractivity (Wildman–Crippen MR) is 109 cm³/mol. The molecule has 0 N–H and O–H groups in total. The summed E-state index contributed by atoms with van der Waals surface area (Å²) in [7, 11) is 0. The van der Waals surface area contributed by atoms with E-state index in [0.29, 0.717) is 11.1 Å². The molecule has 0 unspecified atom stereocenters. The van der Waals surface area contributed by atoms with Crippen molar-refractivity contribution in [1.29, 1.82) is 10.5 Å². The fourth-order valence-electron chi connectivity index (χ4n) is 1.84. The lowest BCUT2D eigenvalue weighted by atomic mass is 10.2. The van der Waals surface area contributed by atoms with Gasteiger partial charge in [0.25, 0.3) is 0 Å². The molecule has 0 atom stereocenters. The summed E-state index contributed by atoms with van der Waals surface area (Å²) in [6, 6.07) is 15.1. The molecule has 0 radical (unpaired) electrons.